The van der Waals surface area contributed by atoms with Gasteiger partial charge in [0.25, 0.3) is 0 Å². The second-order valence-electron chi connectivity index (χ2n) is 5.23. The maximum Gasteiger partial charge on any atom is 0.0931 e. The first kappa shape index (κ1) is 17.0. The number of thiophene rings is 1. The molecule has 110 valence electrons. The number of likely N-dealkylation sites (N-methyl/N-ethyl adjacent to an activating group) is 1. The second-order valence-corrected chi connectivity index (χ2v) is 6.98. The molecule has 4 heteroatoms. The maximum atomic E-state index is 6.13. The normalized spacial score (nSPS) is 14.1. The summed E-state index contributed by atoms with van der Waals surface area (Å²) in [4.78, 5) is 3.71. The Hall–Kier alpha value is -0.0900. The highest BCUT2D eigenvalue weighted by Gasteiger charge is 2.39. The minimum absolute atomic E-state index is 0.142. The highest BCUT2D eigenvalue weighted by Crippen LogP contribution is 2.39. The number of nitrogens with zero attached hydrogens (tertiary/aromatic N) is 1. The Morgan fingerprint density at radius 1 is 1.26 bits per heavy atom. The summed E-state index contributed by atoms with van der Waals surface area (Å²) < 4.78 is 0.873. The Labute approximate surface area is 127 Å². The van der Waals surface area contributed by atoms with Crippen molar-refractivity contribution >= 4 is 22.9 Å². The molecule has 1 heterocycles. The van der Waals surface area contributed by atoms with E-state index in [1.54, 1.807) is 11.3 Å². The summed E-state index contributed by atoms with van der Waals surface area (Å²) in [5.41, 5.74) is 0.142. The van der Waals surface area contributed by atoms with Crippen LogP contribution in [0.3, 0.4) is 0 Å². The van der Waals surface area contributed by atoms with Crippen molar-refractivity contribution in [2.45, 2.75) is 51.6 Å². The summed E-state index contributed by atoms with van der Waals surface area (Å²) in [6.07, 6.45) is 3.38. The van der Waals surface area contributed by atoms with E-state index in [9.17, 15) is 0 Å². The Kier molecular flexibility index (Phi) is 6.81. The van der Waals surface area contributed by atoms with Crippen LogP contribution < -0.4 is 5.32 Å². The molecular weight excluding hydrogens is 276 g/mol. The molecule has 0 amide bonds. The lowest BCUT2D eigenvalue weighted by Gasteiger charge is -2.45. The van der Waals surface area contributed by atoms with E-state index in [2.05, 4.69) is 51.1 Å². The van der Waals surface area contributed by atoms with Crippen molar-refractivity contribution < 1.29 is 0 Å². The third-order valence-electron chi connectivity index (χ3n) is 4.13. The largest absolute Gasteiger partial charge is 0.308 e. The van der Waals surface area contributed by atoms with Crippen LogP contribution in [0, 0.1) is 0 Å². The van der Waals surface area contributed by atoms with Crippen LogP contribution in [0.2, 0.25) is 4.34 Å². The first-order valence-corrected chi connectivity index (χ1v) is 8.37. The van der Waals surface area contributed by atoms with Gasteiger partial charge in [0.1, 0.15) is 0 Å². The zero-order valence-corrected chi connectivity index (χ0v) is 14.4. The lowest BCUT2D eigenvalue weighted by Crippen LogP contribution is -2.53. The molecule has 0 fully saturated rings. The zero-order chi connectivity index (χ0) is 14.5. The van der Waals surface area contributed by atoms with Gasteiger partial charge < -0.3 is 10.2 Å². The third-order valence-corrected chi connectivity index (χ3v) is 5.43. The van der Waals surface area contributed by atoms with E-state index in [4.69, 9.17) is 11.6 Å². The molecule has 0 spiro atoms. The van der Waals surface area contributed by atoms with Gasteiger partial charge in [0.2, 0.25) is 0 Å². The molecular formula is C15H27ClN2S. The van der Waals surface area contributed by atoms with Crippen LogP contribution in [0.5, 0.6) is 0 Å². The summed E-state index contributed by atoms with van der Waals surface area (Å²) >= 11 is 7.83. The van der Waals surface area contributed by atoms with Crippen LogP contribution in [-0.2, 0) is 0 Å². The molecule has 0 radical (unpaired) electrons. The van der Waals surface area contributed by atoms with E-state index in [1.807, 2.05) is 6.07 Å². The molecule has 1 aromatic heterocycles. The first-order chi connectivity index (χ1) is 9.01. The van der Waals surface area contributed by atoms with E-state index >= 15 is 0 Å². The molecule has 19 heavy (non-hydrogen) atoms. The van der Waals surface area contributed by atoms with Crippen LogP contribution in [-0.4, -0.2) is 31.1 Å². The summed E-state index contributed by atoms with van der Waals surface area (Å²) in [6, 6.07) is 4.52. The molecule has 0 aliphatic rings. The summed E-state index contributed by atoms with van der Waals surface area (Å²) in [5, 5.41) is 3.73. The second kappa shape index (κ2) is 7.63. The zero-order valence-electron chi connectivity index (χ0n) is 12.8. The average Bonchev–Trinajstić information content (AvgIpc) is 2.81. The summed E-state index contributed by atoms with van der Waals surface area (Å²) in [5.74, 6) is 0. The van der Waals surface area contributed by atoms with Crippen molar-refractivity contribution in [1.29, 1.82) is 0 Å². The van der Waals surface area contributed by atoms with Crippen LogP contribution in [0.15, 0.2) is 12.1 Å². The van der Waals surface area contributed by atoms with Crippen molar-refractivity contribution in [2.75, 3.05) is 20.6 Å². The number of nitrogens with one attached hydrogen (secondary N) is 1. The predicted molar refractivity (Wildman–Crippen MR) is 87.4 cm³/mol. The minimum Gasteiger partial charge on any atom is -0.308 e. The number of hydrogen-bond donors (Lipinski definition) is 1. The Morgan fingerprint density at radius 2 is 1.89 bits per heavy atom. The molecule has 1 rings (SSSR count). The molecule has 0 bridgehead atoms. The first-order valence-electron chi connectivity index (χ1n) is 7.17. The van der Waals surface area contributed by atoms with Gasteiger partial charge in [-0.05, 0) is 52.0 Å². The molecule has 0 aliphatic carbocycles. The standard InChI is InChI=1S/C15H27ClN2S/c1-6-11-17-14(12-9-10-13(16)19-12)15(7-2,8-3)18(4)5/h9-10,14,17H,6-8,11H2,1-5H3. The summed E-state index contributed by atoms with van der Waals surface area (Å²) in [6.45, 7) is 7.80. The van der Waals surface area contributed by atoms with E-state index in [0.717, 1.165) is 30.1 Å². The lowest BCUT2D eigenvalue weighted by atomic mass is 9.82. The number of rotatable bonds is 8. The minimum atomic E-state index is 0.142. The van der Waals surface area contributed by atoms with Crippen molar-refractivity contribution in [3.8, 4) is 0 Å². The van der Waals surface area contributed by atoms with Crippen LogP contribution in [0.4, 0.5) is 0 Å². The molecule has 1 N–H and O–H groups in total. The number of halogens is 1. The fraction of sp³-hybridized carbons (Fsp3) is 0.733. The van der Waals surface area contributed by atoms with E-state index in [0.29, 0.717) is 6.04 Å². The lowest BCUT2D eigenvalue weighted by molar-refractivity contribution is 0.0896. The fourth-order valence-corrected chi connectivity index (χ4v) is 4.12. The van der Waals surface area contributed by atoms with E-state index in [-0.39, 0.29) is 5.54 Å². The average molecular weight is 303 g/mol. The van der Waals surface area contributed by atoms with Gasteiger partial charge in [0, 0.05) is 10.4 Å². The van der Waals surface area contributed by atoms with Gasteiger partial charge in [0.15, 0.2) is 0 Å². The Bertz CT molecular complexity index is 372. The molecule has 0 aromatic carbocycles. The van der Waals surface area contributed by atoms with E-state index < -0.39 is 0 Å². The van der Waals surface area contributed by atoms with Crippen molar-refractivity contribution in [3.05, 3.63) is 21.3 Å². The van der Waals surface area contributed by atoms with Crippen molar-refractivity contribution in [2.24, 2.45) is 0 Å². The SMILES string of the molecule is CCCNC(c1ccc(Cl)s1)C(CC)(CC)N(C)C. The Morgan fingerprint density at radius 3 is 2.26 bits per heavy atom. The number of hydrogen-bond acceptors (Lipinski definition) is 3. The van der Waals surface area contributed by atoms with Crippen molar-refractivity contribution in [3.63, 3.8) is 0 Å². The van der Waals surface area contributed by atoms with Gasteiger partial charge in [-0.1, -0.05) is 32.4 Å². The van der Waals surface area contributed by atoms with E-state index in [1.165, 1.54) is 4.88 Å². The molecule has 0 aliphatic heterocycles. The quantitative estimate of drug-likeness (QED) is 0.757. The predicted octanol–water partition coefficient (Wildman–Crippen LogP) is 4.56. The maximum absolute atomic E-state index is 6.13. The van der Waals surface area contributed by atoms with Crippen LogP contribution >= 0.6 is 22.9 Å². The van der Waals surface area contributed by atoms with Gasteiger partial charge in [-0.3, -0.25) is 0 Å². The van der Waals surface area contributed by atoms with Crippen molar-refractivity contribution in [1.82, 2.24) is 10.2 Å². The smallest absolute Gasteiger partial charge is 0.0931 e. The monoisotopic (exact) mass is 302 g/mol. The highest BCUT2D eigenvalue weighted by atomic mass is 35.5. The van der Waals surface area contributed by atoms with Gasteiger partial charge in [-0.2, -0.15) is 0 Å². The van der Waals surface area contributed by atoms with Gasteiger partial charge in [-0.15, -0.1) is 11.3 Å². The molecule has 1 aromatic rings. The topological polar surface area (TPSA) is 15.3 Å². The molecule has 1 unspecified atom stereocenters. The molecule has 0 saturated carbocycles. The molecule has 0 saturated heterocycles. The third kappa shape index (κ3) is 3.72. The fourth-order valence-electron chi connectivity index (χ4n) is 2.88. The Balaban J connectivity index is 3.13. The van der Waals surface area contributed by atoms with Gasteiger partial charge in [0.05, 0.1) is 10.4 Å². The molecule has 1 atom stereocenters. The van der Waals surface area contributed by atoms with Gasteiger partial charge in [-0.25, -0.2) is 0 Å². The van der Waals surface area contributed by atoms with Crippen LogP contribution in [0.25, 0.3) is 0 Å². The van der Waals surface area contributed by atoms with Crippen LogP contribution in [0.1, 0.15) is 51.0 Å². The summed E-state index contributed by atoms with van der Waals surface area (Å²) in [7, 11) is 4.37. The van der Waals surface area contributed by atoms with Gasteiger partial charge >= 0.3 is 0 Å². The highest BCUT2D eigenvalue weighted by molar-refractivity contribution is 7.16. The molecule has 2 nitrogen and oxygen atoms in total.